The van der Waals surface area contributed by atoms with Gasteiger partial charge in [0.1, 0.15) is 11.4 Å². The molecular formula is C13H20N4O2S. The molecule has 2 aliphatic rings. The van der Waals surface area contributed by atoms with Crippen LogP contribution in [0.15, 0.2) is 0 Å². The number of aromatic nitrogens is 2. The summed E-state index contributed by atoms with van der Waals surface area (Å²) in [6.07, 6.45) is 0.802. The molecule has 2 atom stereocenters. The Balaban J connectivity index is 1.66. The maximum absolute atomic E-state index is 12.2. The lowest BCUT2D eigenvalue weighted by Gasteiger charge is -2.34. The van der Waals surface area contributed by atoms with E-state index in [2.05, 4.69) is 14.3 Å². The minimum atomic E-state index is -0.436. The Kier molecular flexibility index (Phi) is 3.12. The average Bonchev–Trinajstić information content (AvgIpc) is 2.99. The van der Waals surface area contributed by atoms with Crippen LogP contribution in [-0.2, 0) is 4.74 Å². The summed E-state index contributed by atoms with van der Waals surface area (Å²) < 4.78 is 9.69. The van der Waals surface area contributed by atoms with E-state index in [9.17, 15) is 4.79 Å². The molecular weight excluding hydrogens is 276 g/mol. The average molecular weight is 296 g/mol. The Bertz CT molecular complexity index is 525. The first-order chi connectivity index (χ1) is 9.33. The van der Waals surface area contributed by atoms with Crippen molar-refractivity contribution in [2.75, 3.05) is 18.0 Å². The van der Waals surface area contributed by atoms with E-state index >= 15 is 0 Å². The maximum atomic E-state index is 12.2. The summed E-state index contributed by atoms with van der Waals surface area (Å²) in [6.45, 7) is 9.15. The molecule has 2 saturated heterocycles. The lowest BCUT2D eigenvalue weighted by molar-refractivity contribution is 0.0215. The molecule has 2 fully saturated rings. The second kappa shape index (κ2) is 4.58. The molecule has 0 radical (unpaired) electrons. The second-order valence-corrected chi connectivity index (χ2v) is 7.18. The van der Waals surface area contributed by atoms with E-state index in [1.165, 1.54) is 11.5 Å². The van der Waals surface area contributed by atoms with Gasteiger partial charge in [-0.15, -0.1) is 0 Å². The highest BCUT2D eigenvalue weighted by Crippen LogP contribution is 2.35. The summed E-state index contributed by atoms with van der Waals surface area (Å²) in [4.78, 5) is 20.7. The van der Waals surface area contributed by atoms with E-state index in [0.29, 0.717) is 6.04 Å². The zero-order chi connectivity index (χ0) is 14.5. The van der Waals surface area contributed by atoms with Crippen LogP contribution in [0.25, 0.3) is 0 Å². The molecule has 0 saturated carbocycles. The first-order valence-electron chi connectivity index (χ1n) is 6.90. The summed E-state index contributed by atoms with van der Waals surface area (Å²) in [5.74, 6) is 0.816. The van der Waals surface area contributed by atoms with Crippen molar-refractivity contribution >= 4 is 22.8 Å². The highest BCUT2D eigenvalue weighted by atomic mass is 32.1. The largest absolute Gasteiger partial charge is 0.444 e. The number of hydrogen-bond donors (Lipinski definition) is 0. The minimum Gasteiger partial charge on any atom is -0.444 e. The van der Waals surface area contributed by atoms with Crippen LogP contribution in [0, 0.1) is 6.92 Å². The number of carbonyl (C=O) groups excluding carboxylic acids is 1. The molecule has 2 bridgehead atoms. The molecule has 1 aromatic rings. The molecule has 0 N–H and O–H groups in total. The van der Waals surface area contributed by atoms with Crippen molar-refractivity contribution in [3.8, 4) is 0 Å². The van der Waals surface area contributed by atoms with Gasteiger partial charge in [-0.25, -0.2) is 9.78 Å². The van der Waals surface area contributed by atoms with Gasteiger partial charge in [0.2, 0.25) is 5.13 Å². The molecule has 0 spiro atoms. The number of likely N-dealkylation sites (tertiary alicyclic amines) is 1. The normalized spacial score (nSPS) is 25.4. The van der Waals surface area contributed by atoms with Gasteiger partial charge in [-0.3, -0.25) is 0 Å². The van der Waals surface area contributed by atoms with Crippen molar-refractivity contribution < 1.29 is 9.53 Å². The number of hydrogen-bond acceptors (Lipinski definition) is 6. The number of ether oxygens (including phenoxy) is 1. The first-order valence-corrected chi connectivity index (χ1v) is 7.67. The van der Waals surface area contributed by atoms with Crippen molar-refractivity contribution in [3.63, 3.8) is 0 Å². The van der Waals surface area contributed by atoms with E-state index in [-0.39, 0.29) is 12.1 Å². The standard InChI is InChI=1S/C13H20N4O2S/c1-8-14-11(20-15-8)16-6-10-5-9(16)7-17(10)12(18)19-13(2,3)4/h9-10H,5-7H2,1-4H3/t9?,10-/m0/s1. The van der Waals surface area contributed by atoms with Crippen LogP contribution < -0.4 is 4.90 Å². The number of fused-ring (bicyclic) bond motifs is 2. The van der Waals surface area contributed by atoms with Crippen molar-refractivity contribution in [1.29, 1.82) is 0 Å². The predicted octanol–water partition coefficient (Wildman–Crippen LogP) is 2.04. The smallest absolute Gasteiger partial charge is 0.410 e. The van der Waals surface area contributed by atoms with Crippen LogP contribution in [0.2, 0.25) is 0 Å². The predicted molar refractivity (Wildman–Crippen MR) is 77.1 cm³/mol. The number of anilines is 1. The molecule has 7 heteroatoms. The van der Waals surface area contributed by atoms with E-state index in [1.807, 2.05) is 32.6 Å². The molecule has 2 aliphatic heterocycles. The number of rotatable bonds is 1. The zero-order valence-corrected chi connectivity index (χ0v) is 13.1. The topological polar surface area (TPSA) is 58.6 Å². The third-order valence-electron chi connectivity index (χ3n) is 3.63. The molecule has 1 aromatic heterocycles. The molecule has 110 valence electrons. The molecule has 1 unspecified atom stereocenters. The third kappa shape index (κ3) is 2.46. The maximum Gasteiger partial charge on any atom is 0.410 e. The van der Waals surface area contributed by atoms with Crippen LogP contribution in [0.5, 0.6) is 0 Å². The Morgan fingerprint density at radius 2 is 2.10 bits per heavy atom. The molecule has 0 aromatic carbocycles. The zero-order valence-electron chi connectivity index (χ0n) is 12.3. The molecule has 3 heterocycles. The second-order valence-electron chi connectivity index (χ2n) is 6.45. The van der Waals surface area contributed by atoms with E-state index in [0.717, 1.165) is 30.5 Å². The number of carbonyl (C=O) groups is 1. The van der Waals surface area contributed by atoms with Gasteiger partial charge in [-0.2, -0.15) is 4.37 Å². The summed E-state index contributed by atoms with van der Waals surface area (Å²) >= 11 is 1.44. The minimum absolute atomic E-state index is 0.196. The fourth-order valence-electron chi connectivity index (χ4n) is 2.85. The highest BCUT2D eigenvalue weighted by molar-refractivity contribution is 7.09. The van der Waals surface area contributed by atoms with Gasteiger partial charge >= 0.3 is 6.09 Å². The number of nitrogens with zero attached hydrogens (tertiary/aromatic N) is 4. The van der Waals surface area contributed by atoms with Crippen molar-refractivity contribution in [2.45, 2.75) is 51.8 Å². The van der Waals surface area contributed by atoms with Gasteiger partial charge in [0.15, 0.2) is 0 Å². The van der Waals surface area contributed by atoms with E-state index < -0.39 is 5.60 Å². The molecule has 1 amide bonds. The van der Waals surface area contributed by atoms with Crippen molar-refractivity contribution in [1.82, 2.24) is 14.3 Å². The van der Waals surface area contributed by atoms with Crippen molar-refractivity contribution in [2.24, 2.45) is 0 Å². The van der Waals surface area contributed by atoms with Crippen LogP contribution in [-0.4, -0.2) is 51.1 Å². The number of aryl methyl sites for hydroxylation is 1. The SMILES string of the molecule is Cc1nsc(N2C[C@@H]3CC2CN3C(=O)OC(C)(C)C)n1. The number of amides is 1. The van der Waals surface area contributed by atoms with Crippen LogP contribution in [0.4, 0.5) is 9.93 Å². The first kappa shape index (κ1) is 13.6. The highest BCUT2D eigenvalue weighted by Gasteiger charge is 2.47. The Morgan fingerprint density at radius 1 is 1.35 bits per heavy atom. The van der Waals surface area contributed by atoms with Gasteiger partial charge in [0, 0.05) is 24.6 Å². The quantitative estimate of drug-likeness (QED) is 0.794. The van der Waals surface area contributed by atoms with Crippen LogP contribution >= 0.6 is 11.5 Å². The lowest BCUT2D eigenvalue weighted by atomic mass is 10.2. The Morgan fingerprint density at radius 3 is 2.60 bits per heavy atom. The van der Waals surface area contributed by atoms with E-state index in [1.54, 1.807) is 0 Å². The van der Waals surface area contributed by atoms with Crippen LogP contribution in [0.1, 0.15) is 33.0 Å². The van der Waals surface area contributed by atoms with Gasteiger partial charge in [0.25, 0.3) is 0 Å². The summed E-state index contributed by atoms with van der Waals surface area (Å²) in [6, 6.07) is 0.582. The summed E-state index contributed by atoms with van der Waals surface area (Å²) in [5, 5.41) is 0.971. The van der Waals surface area contributed by atoms with Crippen molar-refractivity contribution in [3.05, 3.63) is 5.82 Å². The lowest BCUT2D eigenvalue weighted by Crippen LogP contribution is -2.50. The van der Waals surface area contributed by atoms with Gasteiger partial charge < -0.3 is 14.5 Å². The Labute approximate surface area is 122 Å². The molecule has 6 nitrogen and oxygen atoms in total. The van der Waals surface area contributed by atoms with Gasteiger partial charge in [-0.05, 0) is 34.1 Å². The monoisotopic (exact) mass is 296 g/mol. The van der Waals surface area contributed by atoms with Gasteiger partial charge in [0.05, 0.1) is 12.1 Å². The summed E-state index contributed by atoms with van der Waals surface area (Å²) in [5.41, 5.74) is -0.436. The van der Waals surface area contributed by atoms with Crippen LogP contribution in [0.3, 0.4) is 0 Å². The fraction of sp³-hybridized carbons (Fsp3) is 0.769. The Hall–Kier alpha value is -1.37. The van der Waals surface area contributed by atoms with Gasteiger partial charge in [-0.1, -0.05) is 0 Å². The molecule has 0 aliphatic carbocycles. The fourth-order valence-corrected chi connectivity index (χ4v) is 3.60. The molecule has 20 heavy (non-hydrogen) atoms. The number of piperazine rings is 1. The third-order valence-corrected chi connectivity index (χ3v) is 4.48. The summed E-state index contributed by atoms with van der Waals surface area (Å²) in [7, 11) is 0. The molecule has 3 rings (SSSR count). The van der Waals surface area contributed by atoms with E-state index in [4.69, 9.17) is 4.74 Å².